The minimum atomic E-state index is -3.67. The van der Waals surface area contributed by atoms with Gasteiger partial charge >= 0.3 is 5.97 Å². The largest absolute Gasteiger partial charge is 0.477 e. The van der Waals surface area contributed by atoms with Gasteiger partial charge in [0.2, 0.25) is 5.43 Å². The molecule has 1 aromatic carbocycles. The van der Waals surface area contributed by atoms with E-state index in [1.807, 2.05) is 6.92 Å². The Bertz CT molecular complexity index is 1320. The van der Waals surface area contributed by atoms with E-state index in [0.29, 0.717) is 31.8 Å². The van der Waals surface area contributed by atoms with Crippen molar-refractivity contribution in [3.05, 3.63) is 39.7 Å². The number of rotatable bonds is 4. The maximum Gasteiger partial charge on any atom is 0.341 e. The third kappa shape index (κ3) is 4.07. The van der Waals surface area contributed by atoms with Crippen molar-refractivity contribution in [2.45, 2.75) is 31.7 Å². The molecule has 186 valence electrons. The number of carbonyl (C=O) groups is 1. The summed E-state index contributed by atoms with van der Waals surface area (Å²) in [6.45, 7) is 3.37. The van der Waals surface area contributed by atoms with Crippen LogP contribution < -0.4 is 16.1 Å². The first-order valence-corrected chi connectivity index (χ1v) is 12.8. The third-order valence-corrected chi connectivity index (χ3v) is 7.29. The van der Waals surface area contributed by atoms with Crippen molar-refractivity contribution in [3.8, 4) is 0 Å². The summed E-state index contributed by atoms with van der Waals surface area (Å²) < 4.78 is 58.3. The van der Waals surface area contributed by atoms with Gasteiger partial charge in [-0.1, -0.05) is 6.92 Å². The minimum absolute atomic E-state index is 0.0124. The van der Waals surface area contributed by atoms with Crippen LogP contribution >= 0.6 is 0 Å². The first-order chi connectivity index (χ1) is 15.8. The second-order valence-electron chi connectivity index (χ2n) is 9.78. The molecule has 1 aromatic heterocycles. The molecule has 0 unspecified atom stereocenters. The van der Waals surface area contributed by atoms with Crippen molar-refractivity contribution >= 4 is 32.7 Å². The molecule has 2 bridgehead atoms. The highest BCUT2D eigenvalue weighted by atomic mass is 32.2. The van der Waals surface area contributed by atoms with Crippen LogP contribution in [-0.4, -0.2) is 54.5 Å². The van der Waals surface area contributed by atoms with Crippen LogP contribution in [0.1, 0.15) is 36.5 Å². The molecule has 2 atom stereocenters. The van der Waals surface area contributed by atoms with Crippen molar-refractivity contribution in [3.63, 3.8) is 0 Å². The molecular weight excluding hydrogens is 472 g/mol. The molecular formula is C22H27F2N3O6S. The van der Waals surface area contributed by atoms with Crippen LogP contribution in [0.2, 0.25) is 0 Å². The number of carboxylic acid groups (broad SMARTS) is 1. The van der Waals surface area contributed by atoms with Crippen LogP contribution in [0.15, 0.2) is 17.1 Å². The lowest BCUT2D eigenvalue weighted by molar-refractivity contribution is -0.0863. The summed E-state index contributed by atoms with van der Waals surface area (Å²) in [5, 5.41) is 9.24. The van der Waals surface area contributed by atoms with Gasteiger partial charge in [-0.3, -0.25) is 9.35 Å². The Balaban J connectivity index is 0.000000499. The van der Waals surface area contributed by atoms with E-state index in [4.69, 9.17) is 10.3 Å². The van der Waals surface area contributed by atoms with Gasteiger partial charge in [-0.05, 0) is 49.6 Å². The number of hydrogen-bond donors (Lipinski definition) is 3. The molecule has 4 N–H and O–H groups in total. The number of halogens is 2. The summed E-state index contributed by atoms with van der Waals surface area (Å²) in [5.41, 5.74) is 3.98. The average Bonchev–Trinajstić information content (AvgIpc) is 2.99. The molecule has 1 aliphatic heterocycles. The number of pyridine rings is 1. The molecule has 34 heavy (non-hydrogen) atoms. The fourth-order valence-electron chi connectivity index (χ4n) is 5.47. The van der Waals surface area contributed by atoms with E-state index in [0.717, 1.165) is 25.3 Å². The van der Waals surface area contributed by atoms with Crippen molar-refractivity contribution in [2.24, 2.45) is 23.5 Å². The fourth-order valence-corrected chi connectivity index (χ4v) is 5.47. The maximum absolute atomic E-state index is 15.8. The lowest BCUT2D eigenvalue weighted by Crippen LogP contribution is -2.59. The second kappa shape index (κ2) is 8.28. The molecule has 6 rings (SSSR count). The van der Waals surface area contributed by atoms with Crippen LogP contribution in [0.3, 0.4) is 0 Å². The zero-order valence-corrected chi connectivity index (χ0v) is 19.6. The first-order valence-electron chi connectivity index (χ1n) is 10.9. The van der Waals surface area contributed by atoms with Crippen LogP contribution in [0.5, 0.6) is 0 Å². The van der Waals surface area contributed by atoms with E-state index >= 15 is 8.78 Å². The summed E-state index contributed by atoms with van der Waals surface area (Å²) in [6.07, 6.45) is 4.44. The molecule has 3 saturated carbocycles. The van der Waals surface area contributed by atoms with Crippen LogP contribution in [0.4, 0.5) is 14.5 Å². The molecule has 0 amide bonds. The molecule has 3 aliphatic carbocycles. The number of aromatic nitrogens is 1. The first kappa shape index (κ1) is 24.6. The van der Waals surface area contributed by atoms with Gasteiger partial charge in [-0.2, -0.15) is 8.42 Å². The molecule has 12 heteroatoms. The molecule has 4 aliphatic rings. The van der Waals surface area contributed by atoms with Gasteiger partial charge in [0.1, 0.15) is 17.1 Å². The lowest BCUT2D eigenvalue weighted by atomic mass is 9.49. The van der Waals surface area contributed by atoms with E-state index in [1.54, 1.807) is 9.47 Å². The summed E-state index contributed by atoms with van der Waals surface area (Å²) in [6, 6.07) is 1.00. The number of nitrogens with two attached hydrogens (primary N) is 1. The van der Waals surface area contributed by atoms with E-state index in [9.17, 15) is 23.1 Å². The van der Waals surface area contributed by atoms with Gasteiger partial charge in [0.15, 0.2) is 5.82 Å². The van der Waals surface area contributed by atoms with Gasteiger partial charge in [-0.15, -0.1) is 0 Å². The average molecular weight is 500 g/mol. The van der Waals surface area contributed by atoms with Crippen molar-refractivity contribution in [1.82, 2.24) is 4.57 Å². The van der Waals surface area contributed by atoms with Crippen LogP contribution in [0, 0.1) is 29.4 Å². The molecule has 0 radical (unpaired) electrons. The topological polar surface area (TPSA) is 143 Å². The summed E-state index contributed by atoms with van der Waals surface area (Å²) in [4.78, 5) is 26.0. The van der Waals surface area contributed by atoms with E-state index in [1.165, 1.54) is 6.20 Å². The van der Waals surface area contributed by atoms with Gasteiger partial charge < -0.3 is 20.3 Å². The van der Waals surface area contributed by atoms with Crippen molar-refractivity contribution in [1.29, 1.82) is 0 Å². The lowest BCUT2D eigenvalue weighted by Gasteiger charge is -2.63. The van der Waals surface area contributed by atoms with Crippen molar-refractivity contribution < 1.29 is 31.7 Å². The zero-order valence-electron chi connectivity index (χ0n) is 18.8. The van der Waals surface area contributed by atoms with Crippen LogP contribution in [-0.2, 0) is 15.7 Å². The number of hydrogen-bond acceptors (Lipinski definition) is 6. The molecule has 2 heterocycles. The van der Waals surface area contributed by atoms with E-state index < -0.39 is 38.7 Å². The van der Waals surface area contributed by atoms with Gasteiger partial charge in [0.05, 0.1) is 17.2 Å². The monoisotopic (exact) mass is 499 g/mol. The normalized spacial score (nSPS) is 27.6. The molecule has 0 spiro atoms. The number of anilines is 1. The van der Waals surface area contributed by atoms with Gasteiger partial charge in [0, 0.05) is 24.8 Å². The highest BCUT2D eigenvalue weighted by Gasteiger charge is 2.58. The van der Waals surface area contributed by atoms with E-state index in [-0.39, 0.29) is 34.0 Å². The minimum Gasteiger partial charge on any atom is -0.477 e. The highest BCUT2D eigenvalue weighted by molar-refractivity contribution is 7.85. The number of carboxylic acids is 1. The third-order valence-electron chi connectivity index (χ3n) is 7.29. The number of nitrogens with zero attached hydrogens (tertiary/aromatic N) is 2. The Hall–Kier alpha value is -2.57. The predicted octanol–water partition coefficient (Wildman–Crippen LogP) is 2.02. The Morgan fingerprint density at radius 3 is 2.29 bits per heavy atom. The Labute approximate surface area is 194 Å². The standard InChI is InChI=1S/C21H23F2N3O3.CH4O3S/c1-10-7-25(8-12(10)6-24)18-15(22)2-13-17(16(18)23)26(21-3-11(4-21)5-21)9-14(19(13)27)20(28)29;1-5(2,3)4/h2,9-12H,3-8,24H2,1H3,(H,28,29);1H3,(H,2,3,4)/t10-,11?,12+,21?;/m1./s1. The molecule has 9 nitrogen and oxygen atoms in total. The fraction of sp³-hybridized carbons (Fsp3) is 0.545. The van der Waals surface area contributed by atoms with Gasteiger partial charge in [-0.25, -0.2) is 13.6 Å². The van der Waals surface area contributed by atoms with Crippen molar-refractivity contribution in [2.75, 3.05) is 30.8 Å². The number of aromatic carboxylic acids is 1. The molecule has 2 aromatic rings. The molecule has 1 saturated heterocycles. The summed E-state index contributed by atoms with van der Waals surface area (Å²) >= 11 is 0. The highest BCUT2D eigenvalue weighted by Crippen LogP contribution is 2.63. The smallest absolute Gasteiger partial charge is 0.341 e. The van der Waals surface area contributed by atoms with E-state index in [2.05, 4.69) is 0 Å². The Morgan fingerprint density at radius 1 is 1.26 bits per heavy atom. The second-order valence-corrected chi connectivity index (χ2v) is 11.2. The van der Waals surface area contributed by atoms with Gasteiger partial charge in [0.25, 0.3) is 10.1 Å². The SMILES string of the molecule is CS(=O)(=O)O.C[C@@H]1CN(c2c(F)cc3c(=O)c(C(=O)O)cn(C45CC(C4)C5)c3c2F)C[C@@H]1CN. The quantitative estimate of drug-likeness (QED) is 0.542. The zero-order chi connectivity index (χ0) is 25.2. The summed E-state index contributed by atoms with van der Waals surface area (Å²) in [5.74, 6) is -2.12. The number of fused-ring (bicyclic) bond motifs is 1. The maximum atomic E-state index is 15.8. The predicted molar refractivity (Wildman–Crippen MR) is 122 cm³/mol. The molecule has 4 fully saturated rings. The Kier molecular flexibility index (Phi) is 5.98. The summed E-state index contributed by atoms with van der Waals surface area (Å²) in [7, 11) is -3.67. The Morgan fingerprint density at radius 2 is 1.85 bits per heavy atom. The number of benzene rings is 1. The van der Waals surface area contributed by atoms with Crippen LogP contribution in [0.25, 0.3) is 10.9 Å².